The van der Waals surface area contributed by atoms with Gasteiger partial charge in [0.15, 0.2) is 0 Å². The highest BCUT2D eigenvalue weighted by atomic mass is 35.5. The van der Waals surface area contributed by atoms with Gasteiger partial charge in [-0.15, -0.1) is 0 Å². The van der Waals surface area contributed by atoms with Crippen molar-refractivity contribution in [3.63, 3.8) is 0 Å². The summed E-state index contributed by atoms with van der Waals surface area (Å²) in [5.41, 5.74) is 4.29. The summed E-state index contributed by atoms with van der Waals surface area (Å²) in [5, 5.41) is 12.4. The number of hydrogen-bond acceptors (Lipinski definition) is 7. The lowest BCUT2D eigenvalue weighted by Crippen LogP contribution is -2.16. The van der Waals surface area contributed by atoms with Crippen LogP contribution in [0, 0.1) is 0 Å². The summed E-state index contributed by atoms with van der Waals surface area (Å²) < 4.78 is 6.98. The highest BCUT2D eigenvalue weighted by Crippen LogP contribution is 2.36. The van der Waals surface area contributed by atoms with E-state index in [1.807, 2.05) is 40.9 Å². The van der Waals surface area contributed by atoms with Crippen molar-refractivity contribution in [2.45, 2.75) is 31.7 Å². The fraction of sp³-hybridized carbons (Fsp3) is 0.333. The van der Waals surface area contributed by atoms with Gasteiger partial charge in [0.25, 0.3) is 0 Å². The zero-order valence-electron chi connectivity index (χ0n) is 18.5. The molecule has 8 nitrogen and oxygen atoms in total. The van der Waals surface area contributed by atoms with Crippen molar-refractivity contribution < 1.29 is 4.74 Å². The summed E-state index contributed by atoms with van der Waals surface area (Å²) in [7, 11) is 1.67. The summed E-state index contributed by atoms with van der Waals surface area (Å²) >= 11 is 6.32. The number of halogens is 1. The Balaban J connectivity index is 1.63. The van der Waals surface area contributed by atoms with E-state index in [4.69, 9.17) is 26.4 Å². The predicted molar refractivity (Wildman–Crippen MR) is 131 cm³/mol. The van der Waals surface area contributed by atoms with Crippen LogP contribution in [0.2, 0.25) is 5.02 Å². The second kappa shape index (κ2) is 9.72. The Hall–Kier alpha value is -3.23. The lowest BCUT2D eigenvalue weighted by Gasteiger charge is -2.12. The maximum absolute atomic E-state index is 6.32. The molecule has 9 heteroatoms. The standard InChI is InChI=1S/C24H26ClN7O/c1-33-14-13-28-24-27-12-10-20-21(22(31-32(20)24)16-5-4-6-17(25)15-16)19-9-11-26-23(30-19)29-18-7-2-3-8-18/h4-6,9-12,15,18H,2-3,7-8,13-14H2,1H3,(H,27,28)(H,26,29,30). The number of methoxy groups -OCH3 is 1. The highest BCUT2D eigenvalue weighted by molar-refractivity contribution is 6.30. The lowest BCUT2D eigenvalue weighted by atomic mass is 10.0. The van der Waals surface area contributed by atoms with Crippen LogP contribution in [0.25, 0.3) is 28.0 Å². The molecule has 4 aromatic rings. The Labute approximate surface area is 197 Å². The highest BCUT2D eigenvalue weighted by Gasteiger charge is 2.21. The number of fused-ring (bicyclic) bond motifs is 1. The number of ether oxygens (including phenoxy) is 1. The van der Waals surface area contributed by atoms with Gasteiger partial charge in [0.2, 0.25) is 11.9 Å². The van der Waals surface area contributed by atoms with Gasteiger partial charge in [-0.1, -0.05) is 36.6 Å². The van der Waals surface area contributed by atoms with E-state index >= 15 is 0 Å². The van der Waals surface area contributed by atoms with Crippen LogP contribution in [0.1, 0.15) is 25.7 Å². The molecule has 0 saturated heterocycles. The van der Waals surface area contributed by atoms with Crippen LogP contribution in [0.15, 0.2) is 48.8 Å². The van der Waals surface area contributed by atoms with Gasteiger partial charge in [-0.25, -0.2) is 15.0 Å². The van der Waals surface area contributed by atoms with Crippen molar-refractivity contribution in [2.24, 2.45) is 0 Å². The molecule has 0 spiro atoms. The number of anilines is 2. The molecule has 1 aliphatic carbocycles. The first-order chi connectivity index (χ1) is 16.2. The SMILES string of the molecule is COCCNc1nccc2c(-c3ccnc(NC4CCCC4)n3)c(-c3cccc(Cl)c3)nn12. The molecule has 0 radical (unpaired) electrons. The van der Waals surface area contributed by atoms with E-state index in [1.165, 1.54) is 12.8 Å². The maximum Gasteiger partial charge on any atom is 0.224 e. The maximum atomic E-state index is 6.32. The number of rotatable bonds is 8. The molecule has 2 N–H and O–H groups in total. The van der Waals surface area contributed by atoms with E-state index in [0.717, 1.165) is 40.9 Å². The number of aromatic nitrogens is 5. The molecular formula is C24H26ClN7O. The minimum Gasteiger partial charge on any atom is -0.383 e. The van der Waals surface area contributed by atoms with Crippen molar-refractivity contribution >= 4 is 29.0 Å². The topological polar surface area (TPSA) is 89.3 Å². The number of nitrogens with one attached hydrogen (secondary N) is 2. The van der Waals surface area contributed by atoms with Gasteiger partial charge in [-0.2, -0.15) is 9.61 Å². The zero-order valence-corrected chi connectivity index (χ0v) is 19.2. The molecular weight excluding hydrogens is 438 g/mol. The van der Waals surface area contributed by atoms with E-state index in [1.54, 1.807) is 19.5 Å². The van der Waals surface area contributed by atoms with Crippen molar-refractivity contribution in [3.05, 3.63) is 53.8 Å². The first-order valence-corrected chi connectivity index (χ1v) is 11.6. The van der Waals surface area contributed by atoms with Crippen LogP contribution < -0.4 is 10.6 Å². The normalized spacial score (nSPS) is 14.1. The van der Waals surface area contributed by atoms with E-state index in [2.05, 4.69) is 20.6 Å². The number of nitrogens with zero attached hydrogens (tertiary/aromatic N) is 5. The monoisotopic (exact) mass is 463 g/mol. The molecule has 1 saturated carbocycles. The van der Waals surface area contributed by atoms with Gasteiger partial charge in [-0.3, -0.25) is 0 Å². The number of hydrogen-bond donors (Lipinski definition) is 2. The van der Waals surface area contributed by atoms with Gasteiger partial charge in [0.1, 0.15) is 5.69 Å². The fourth-order valence-corrected chi connectivity index (χ4v) is 4.47. The summed E-state index contributed by atoms with van der Waals surface area (Å²) in [5.74, 6) is 1.28. The van der Waals surface area contributed by atoms with Gasteiger partial charge in [0.05, 0.1) is 23.4 Å². The third-order valence-electron chi connectivity index (χ3n) is 5.84. The molecule has 1 fully saturated rings. The summed E-state index contributed by atoms with van der Waals surface area (Å²) in [4.78, 5) is 13.8. The van der Waals surface area contributed by atoms with E-state index < -0.39 is 0 Å². The average molecular weight is 464 g/mol. The Bertz CT molecular complexity index is 1250. The Morgan fingerprint density at radius 2 is 1.97 bits per heavy atom. The minimum absolute atomic E-state index is 0.428. The van der Waals surface area contributed by atoms with Crippen molar-refractivity contribution in [3.8, 4) is 22.5 Å². The molecule has 1 aromatic carbocycles. The number of benzene rings is 1. The van der Waals surface area contributed by atoms with Crippen molar-refractivity contribution in [1.29, 1.82) is 0 Å². The van der Waals surface area contributed by atoms with Crippen LogP contribution in [0.3, 0.4) is 0 Å². The second-order valence-corrected chi connectivity index (χ2v) is 8.55. The molecule has 1 aliphatic rings. The summed E-state index contributed by atoms with van der Waals surface area (Å²) in [6, 6.07) is 12.0. The van der Waals surface area contributed by atoms with Crippen LogP contribution in [-0.4, -0.2) is 50.9 Å². The molecule has 0 atom stereocenters. The molecule has 33 heavy (non-hydrogen) atoms. The third-order valence-corrected chi connectivity index (χ3v) is 6.07. The smallest absolute Gasteiger partial charge is 0.224 e. The largest absolute Gasteiger partial charge is 0.383 e. The average Bonchev–Trinajstić information content (AvgIpc) is 3.47. The molecule has 3 heterocycles. The quantitative estimate of drug-likeness (QED) is 0.358. The second-order valence-electron chi connectivity index (χ2n) is 8.11. The molecule has 5 rings (SSSR count). The molecule has 0 bridgehead atoms. The van der Waals surface area contributed by atoms with Crippen LogP contribution in [-0.2, 0) is 4.74 Å². The first-order valence-electron chi connectivity index (χ1n) is 11.2. The van der Waals surface area contributed by atoms with Crippen LogP contribution in [0.4, 0.5) is 11.9 Å². The molecule has 0 aliphatic heterocycles. The van der Waals surface area contributed by atoms with E-state index in [-0.39, 0.29) is 0 Å². The van der Waals surface area contributed by atoms with Gasteiger partial charge in [-0.05, 0) is 37.1 Å². The summed E-state index contributed by atoms with van der Waals surface area (Å²) in [6.45, 7) is 1.18. The van der Waals surface area contributed by atoms with Gasteiger partial charge < -0.3 is 15.4 Å². The molecule has 0 amide bonds. The Kier molecular flexibility index (Phi) is 6.37. The molecule has 170 valence electrons. The van der Waals surface area contributed by atoms with Crippen molar-refractivity contribution in [2.75, 3.05) is 30.9 Å². The Morgan fingerprint density at radius 1 is 1.12 bits per heavy atom. The fourth-order valence-electron chi connectivity index (χ4n) is 4.28. The zero-order chi connectivity index (χ0) is 22.6. The predicted octanol–water partition coefficient (Wildman–Crippen LogP) is 4.92. The first kappa shape index (κ1) is 21.6. The minimum atomic E-state index is 0.428. The van der Waals surface area contributed by atoms with Crippen LogP contribution in [0.5, 0.6) is 0 Å². The van der Waals surface area contributed by atoms with E-state index in [9.17, 15) is 0 Å². The molecule has 0 unspecified atom stereocenters. The van der Waals surface area contributed by atoms with Gasteiger partial charge >= 0.3 is 0 Å². The molecule has 3 aromatic heterocycles. The lowest BCUT2D eigenvalue weighted by molar-refractivity contribution is 0.210. The van der Waals surface area contributed by atoms with Crippen LogP contribution >= 0.6 is 11.6 Å². The third kappa shape index (κ3) is 4.62. The van der Waals surface area contributed by atoms with E-state index in [0.29, 0.717) is 36.1 Å². The van der Waals surface area contributed by atoms with Gasteiger partial charge in [0, 0.05) is 42.7 Å². The summed E-state index contributed by atoms with van der Waals surface area (Å²) in [6.07, 6.45) is 8.37. The Morgan fingerprint density at radius 3 is 2.79 bits per heavy atom. The van der Waals surface area contributed by atoms with Crippen molar-refractivity contribution in [1.82, 2.24) is 24.6 Å².